The van der Waals surface area contributed by atoms with Gasteiger partial charge in [0.05, 0.1) is 14.2 Å². The monoisotopic (exact) mass is 274 g/mol. The van der Waals surface area contributed by atoms with Crippen LogP contribution < -0.4 is 10.6 Å². The number of carbonyl (C=O) groups excluding carboxylic acids is 4. The minimum atomic E-state index is -0.608. The molecule has 0 aliphatic rings. The summed E-state index contributed by atoms with van der Waals surface area (Å²) < 4.78 is 8.65. The summed E-state index contributed by atoms with van der Waals surface area (Å²) in [4.78, 5) is 43.8. The van der Waals surface area contributed by atoms with Gasteiger partial charge in [0.15, 0.2) is 0 Å². The van der Waals surface area contributed by atoms with Crippen molar-refractivity contribution in [3.63, 3.8) is 0 Å². The van der Waals surface area contributed by atoms with Crippen molar-refractivity contribution in [2.45, 2.75) is 19.3 Å². The molecule has 8 heteroatoms. The molecule has 0 aromatic heterocycles. The first kappa shape index (κ1) is 16.9. The van der Waals surface area contributed by atoms with Gasteiger partial charge in [-0.15, -0.1) is 0 Å². The molecule has 0 unspecified atom stereocenters. The van der Waals surface area contributed by atoms with Gasteiger partial charge in [-0.25, -0.2) is 0 Å². The SMILES string of the molecule is COC(=O)CC(=O)NCCCNC(=O)CC(=O)OC. The van der Waals surface area contributed by atoms with E-state index in [0.717, 1.165) is 0 Å². The van der Waals surface area contributed by atoms with Crippen molar-refractivity contribution in [2.75, 3.05) is 27.3 Å². The third kappa shape index (κ3) is 9.57. The van der Waals surface area contributed by atoms with Crippen molar-refractivity contribution < 1.29 is 28.7 Å². The number of amides is 2. The van der Waals surface area contributed by atoms with Crippen molar-refractivity contribution in [1.29, 1.82) is 0 Å². The Bertz CT molecular complexity index is 310. The summed E-state index contributed by atoms with van der Waals surface area (Å²) in [7, 11) is 2.40. The van der Waals surface area contributed by atoms with Crippen molar-refractivity contribution in [1.82, 2.24) is 10.6 Å². The van der Waals surface area contributed by atoms with Gasteiger partial charge in [-0.2, -0.15) is 0 Å². The predicted octanol–water partition coefficient (Wildman–Crippen LogP) is -1.26. The van der Waals surface area contributed by atoms with E-state index < -0.39 is 23.8 Å². The molecule has 0 aromatic carbocycles. The van der Waals surface area contributed by atoms with Crippen LogP contribution in [-0.4, -0.2) is 51.1 Å². The van der Waals surface area contributed by atoms with Crippen LogP contribution in [0.2, 0.25) is 0 Å². The quantitative estimate of drug-likeness (QED) is 0.324. The van der Waals surface area contributed by atoms with Gasteiger partial charge in [-0.3, -0.25) is 19.2 Å². The van der Waals surface area contributed by atoms with E-state index in [1.807, 2.05) is 0 Å². The summed E-state index contributed by atoms with van der Waals surface area (Å²) in [6, 6.07) is 0. The molecule has 0 heterocycles. The van der Waals surface area contributed by atoms with Crippen LogP contribution in [0.3, 0.4) is 0 Å². The van der Waals surface area contributed by atoms with Crippen LogP contribution in [0.4, 0.5) is 0 Å². The topological polar surface area (TPSA) is 111 Å². The van der Waals surface area contributed by atoms with E-state index in [4.69, 9.17) is 0 Å². The van der Waals surface area contributed by atoms with Gasteiger partial charge in [0.1, 0.15) is 12.8 Å². The third-order valence-electron chi connectivity index (χ3n) is 2.06. The van der Waals surface area contributed by atoms with Crippen LogP contribution in [0.25, 0.3) is 0 Å². The fourth-order valence-electron chi connectivity index (χ4n) is 1.08. The lowest BCUT2D eigenvalue weighted by molar-refractivity contribution is -0.145. The van der Waals surface area contributed by atoms with E-state index >= 15 is 0 Å². The zero-order valence-electron chi connectivity index (χ0n) is 11.0. The van der Waals surface area contributed by atoms with Gasteiger partial charge >= 0.3 is 11.9 Å². The van der Waals surface area contributed by atoms with Gasteiger partial charge in [0.25, 0.3) is 0 Å². The highest BCUT2D eigenvalue weighted by Gasteiger charge is 2.09. The fraction of sp³-hybridized carbons (Fsp3) is 0.636. The second-order valence-electron chi connectivity index (χ2n) is 3.56. The Morgan fingerprint density at radius 1 is 0.789 bits per heavy atom. The molecule has 0 saturated carbocycles. The lowest BCUT2D eigenvalue weighted by Gasteiger charge is -2.06. The first-order valence-corrected chi connectivity index (χ1v) is 5.66. The molecule has 8 nitrogen and oxygen atoms in total. The normalized spacial score (nSPS) is 9.37. The number of nitrogens with one attached hydrogen (secondary N) is 2. The Hall–Kier alpha value is -2.12. The zero-order valence-corrected chi connectivity index (χ0v) is 11.0. The highest BCUT2D eigenvalue weighted by molar-refractivity contribution is 5.94. The van der Waals surface area contributed by atoms with E-state index in [0.29, 0.717) is 19.5 Å². The van der Waals surface area contributed by atoms with E-state index in [-0.39, 0.29) is 12.8 Å². The maximum atomic E-state index is 11.1. The standard InChI is InChI=1S/C11H18N2O6/c1-18-10(16)6-8(14)12-4-3-5-13-9(15)7-11(17)19-2/h3-7H2,1-2H3,(H,12,14)(H,13,15). The predicted molar refractivity (Wildman–Crippen MR) is 63.9 cm³/mol. The molecule has 0 radical (unpaired) electrons. The summed E-state index contributed by atoms with van der Waals surface area (Å²) in [5.41, 5.74) is 0. The van der Waals surface area contributed by atoms with Gasteiger partial charge in [0, 0.05) is 13.1 Å². The van der Waals surface area contributed by atoms with Crippen LogP contribution in [-0.2, 0) is 28.7 Å². The van der Waals surface area contributed by atoms with Crippen LogP contribution in [0.5, 0.6) is 0 Å². The Kier molecular flexibility index (Phi) is 8.76. The number of methoxy groups -OCH3 is 2. The third-order valence-corrected chi connectivity index (χ3v) is 2.06. The van der Waals surface area contributed by atoms with E-state index in [1.54, 1.807) is 0 Å². The Morgan fingerprint density at radius 3 is 1.47 bits per heavy atom. The average Bonchev–Trinajstić information content (AvgIpc) is 2.37. The lowest BCUT2D eigenvalue weighted by Crippen LogP contribution is -2.31. The average molecular weight is 274 g/mol. The van der Waals surface area contributed by atoms with Crippen LogP contribution in [0.15, 0.2) is 0 Å². The summed E-state index contributed by atoms with van der Waals surface area (Å²) in [5.74, 6) is -2.09. The number of hydrogen-bond acceptors (Lipinski definition) is 6. The summed E-state index contributed by atoms with van der Waals surface area (Å²) in [6.07, 6.45) is -0.170. The molecule has 19 heavy (non-hydrogen) atoms. The maximum absolute atomic E-state index is 11.1. The molecule has 0 aliphatic carbocycles. The molecule has 2 N–H and O–H groups in total. The van der Waals surface area contributed by atoms with Crippen molar-refractivity contribution in [3.05, 3.63) is 0 Å². The van der Waals surface area contributed by atoms with E-state index in [1.165, 1.54) is 14.2 Å². The molecule has 0 atom stereocenters. The maximum Gasteiger partial charge on any atom is 0.315 e. The number of hydrogen-bond donors (Lipinski definition) is 2. The highest BCUT2D eigenvalue weighted by atomic mass is 16.5. The number of ether oxygens (including phenoxy) is 2. The Labute approximate surface area is 110 Å². The van der Waals surface area contributed by atoms with Crippen molar-refractivity contribution in [2.24, 2.45) is 0 Å². The highest BCUT2D eigenvalue weighted by Crippen LogP contribution is 1.86. The van der Waals surface area contributed by atoms with E-state index in [2.05, 4.69) is 20.1 Å². The molecule has 108 valence electrons. The summed E-state index contributed by atoms with van der Waals surface area (Å²) in [6.45, 7) is 0.628. The van der Waals surface area contributed by atoms with Crippen LogP contribution in [0.1, 0.15) is 19.3 Å². The molecular formula is C11H18N2O6. The summed E-state index contributed by atoms with van der Waals surface area (Å²) >= 11 is 0. The largest absolute Gasteiger partial charge is 0.469 e. The van der Waals surface area contributed by atoms with Crippen molar-refractivity contribution in [3.8, 4) is 0 Å². The van der Waals surface area contributed by atoms with E-state index in [9.17, 15) is 19.2 Å². The molecular weight excluding hydrogens is 256 g/mol. The van der Waals surface area contributed by atoms with Crippen LogP contribution in [0, 0.1) is 0 Å². The number of rotatable bonds is 8. The first-order valence-electron chi connectivity index (χ1n) is 5.66. The van der Waals surface area contributed by atoms with Gasteiger partial charge in [-0.05, 0) is 6.42 Å². The Morgan fingerprint density at radius 2 is 1.16 bits per heavy atom. The second-order valence-corrected chi connectivity index (χ2v) is 3.56. The molecule has 2 amide bonds. The molecule has 0 fully saturated rings. The molecule has 0 saturated heterocycles. The minimum absolute atomic E-state index is 0.314. The first-order chi connectivity index (χ1) is 8.99. The smallest absolute Gasteiger partial charge is 0.315 e. The van der Waals surface area contributed by atoms with Crippen molar-refractivity contribution >= 4 is 23.8 Å². The minimum Gasteiger partial charge on any atom is -0.469 e. The fourth-order valence-corrected chi connectivity index (χ4v) is 1.08. The van der Waals surface area contributed by atoms with Crippen LogP contribution >= 0.6 is 0 Å². The molecule has 0 aromatic rings. The Balaban J connectivity index is 3.54. The number of esters is 2. The molecule has 0 bridgehead atoms. The lowest BCUT2D eigenvalue weighted by atomic mass is 10.3. The van der Waals surface area contributed by atoms with Gasteiger partial charge in [0.2, 0.25) is 11.8 Å². The second kappa shape index (κ2) is 9.86. The molecule has 0 spiro atoms. The van der Waals surface area contributed by atoms with Gasteiger partial charge < -0.3 is 20.1 Å². The van der Waals surface area contributed by atoms with Gasteiger partial charge in [-0.1, -0.05) is 0 Å². The molecule has 0 rings (SSSR count). The zero-order chi connectivity index (χ0) is 14.7. The number of carbonyl (C=O) groups is 4. The summed E-state index contributed by atoms with van der Waals surface area (Å²) in [5, 5.41) is 4.98. The molecule has 0 aliphatic heterocycles.